The Balaban J connectivity index is 1.16. The molecule has 11 amide bonds. The average molecular weight is 1540 g/mol. The number of ketones is 3. The summed E-state index contributed by atoms with van der Waals surface area (Å²) < 4.78 is 43.3. The fourth-order valence-electron chi connectivity index (χ4n) is 14.4. The molecule has 3 aliphatic rings. The molecule has 0 bridgehead atoms. The van der Waals surface area contributed by atoms with Crippen molar-refractivity contribution in [2.45, 2.75) is 213 Å². The van der Waals surface area contributed by atoms with Crippen molar-refractivity contribution in [1.29, 1.82) is 0 Å². The highest BCUT2D eigenvalue weighted by Crippen LogP contribution is 2.52. The van der Waals surface area contributed by atoms with E-state index in [0.717, 1.165) is 18.9 Å². The molecule has 2 saturated heterocycles. The first kappa shape index (κ1) is 90.5. The van der Waals surface area contributed by atoms with Crippen LogP contribution in [0.3, 0.4) is 0 Å². The van der Waals surface area contributed by atoms with E-state index in [9.17, 15) is 66.7 Å². The lowest BCUT2D eigenvalue weighted by atomic mass is 9.83. The molecule has 108 heavy (non-hydrogen) atoms. The molecule has 1 saturated carbocycles. The number of ether oxygens (including phenoxy) is 5. The number of thioether (sulfide) groups is 1. The summed E-state index contributed by atoms with van der Waals surface area (Å²) in [7, 11) is 10.5. The number of anilines is 1. The van der Waals surface area contributed by atoms with Gasteiger partial charge in [0.25, 0.3) is 0 Å². The highest BCUT2D eigenvalue weighted by Gasteiger charge is 2.49. The van der Waals surface area contributed by atoms with Gasteiger partial charge in [0.2, 0.25) is 47.3 Å². The van der Waals surface area contributed by atoms with Crippen molar-refractivity contribution in [2.24, 2.45) is 52.6 Å². The number of Topliss-reactive ketones (excluding diaryl/α,β-unsaturated/α-hetero) is 3. The third kappa shape index (κ3) is 26.0. The van der Waals surface area contributed by atoms with Crippen molar-refractivity contribution in [1.82, 2.24) is 40.9 Å². The second-order valence-electron chi connectivity index (χ2n) is 30.2. The van der Waals surface area contributed by atoms with Crippen LogP contribution in [0, 0.1) is 52.7 Å². The Kier molecular flexibility index (Phi) is 36.3. The summed E-state index contributed by atoms with van der Waals surface area (Å²) >= 11 is 1.44. The summed E-state index contributed by atoms with van der Waals surface area (Å²) in [5, 5.41) is 13.0. The summed E-state index contributed by atoms with van der Waals surface area (Å²) in [6.45, 7) is 16.1. The van der Waals surface area contributed by atoms with Crippen LogP contribution in [0.25, 0.3) is 0 Å². The molecule has 3 fully saturated rings. The number of halogens is 1. The van der Waals surface area contributed by atoms with Crippen molar-refractivity contribution in [3.05, 3.63) is 59.4 Å². The molecule has 2 aromatic rings. The third-order valence-corrected chi connectivity index (χ3v) is 22.9. The Morgan fingerprint density at radius 1 is 0.778 bits per heavy atom. The Hall–Kier alpha value is -8.09. The number of nitrogens with zero attached hydrogens (tertiary/aromatic N) is 4. The topological polar surface area (TPSA) is 367 Å². The van der Waals surface area contributed by atoms with Crippen LogP contribution >= 0.6 is 11.8 Å². The lowest BCUT2D eigenvalue weighted by Crippen LogP contribution is -2.54. The normalized spacial score (nSPS) is 18.6. The van der Waals surface area contributed by atoms with Gasteiger partial charge in [-0.1, -0.05) is 87.3 Å². The number of methoxy groups -OCH3 is 4. The number of unbranched alkanes of at least 4 members (excludes halogenated alkanes) is 2. The number of hydrogen-bond donors (Lipinski definition) is 6. The number of hydrogen-bond acceptors (Lipinski definition) is 19. The van der Waals surface area contributed by atoms with Crippen LogP contribution in [-0.2, 0) is 73.5 Å². The maximum absolute atomic E-state index is 15.0. The number of likely N-dealkylation sites (N-methyl/N-ethyl adjacent to an activating group) is 2. The predicted octanol–water partition coefficient (Wildman–Crippen LogP) is 7.64. The van der Waals surface area contributed by atoms with E-state index >= 15 is 0 Å². The van der Waals surface area contributed by atoms with Crippen LogP contribution in [0.2, 0.25) is 0 Å². The second kappa shape index (κ2) is 43.3. The molecule has 1 aliphatic carbocycles. The van der Waals surface area contributed by atoms with Crippen molar-refractivity contribution < 1.29 is 90.4 Å². The first-order chi connectivity index (χ1) is 51.1. The van der Waals surface area contributed by atoms with Gasteiger partial charge in [-0.25, -0.2) is 14.0 Å². The molecule has 2 aliphatic heterocycles. The van der Waals surface area contributed by atoms with Gasteiger partial charge in [0.05, 0.1) is 79.3 Å². The van der Waals surface area contributed by atoms with E-state index in [-0.39, 0.29) is 146 Å². The van der Waals surface area contributed by atoms with Gasteiger partial charge in [0, 0.05) is 124 Å². The average Bonchev–Trinajstić information content (AvgIpc) is 1.60. The zero-order valence-corrected chi connectivity index (χ0v) is 66.9. The highest BCUT2D eigenvalue weighted by molar-refractivity contribution is 8.00. The quantitative estimate of drug-likeness (QED) is 0.0210. The number of likely N-dealkylation sites (tertiary alicyclic amines) is 2. The number of benzene rings is 2. The van der Waals surface area contributed by atoms with Crippen LogP contribution in [0.1, 0.15) is 175 Å². The number of rotatable bonds is 47. The minimum Gasteiger partial charge on any atom is -0.497 e. The van der Waals surface area contributed by atoms with E-state index in [2.05, 4.69) is 26.6 Å². The molecule has 12 atom stereocenters. The molecule has 0 radical (unpaired) electrons. The lowest BCUT2D eigenvalue weighted by Gasteiger charge is -2.41. The van der Waals surface area contributed by atoms with Gasteiger partial charge < -0.3 is 70.7 Å². The zero-order chi connectivity index (χ0) is 80.4. The van der Waals surface area contributed by atoms with E-state index < -0.39 is 113 Å². The molecule has 2 heterocycles. The molecule has 30 heteroatoms. The van der Waals surface area contributed by atoms with E-state index in [4.69, 9.17) is 29.4 Å². The fraction of sp³-hybridized carbons (Fsp3) is 0.679. The Labute approximate surface area is 640 Å². The van der Waals surface area contributed by atoms with Crippen LogP contribution in [-0.4, -0.2) is 226 Å². The van der Waals surface area contributed by atoms with Crippen molar-refractivity contribution in [3.8, 4) is 5.75 Å². The first-order valence-corrected chi connectivity index (χ1v) is 38.8. The summed E-state index contributed by atoms with van der Waals surface area (Å²) in [6.07, 6.45) is 1.66. The molecule has 602 valence electrons. The van der Waals surface area contributed by atoms with Gasteiger partial charge in [-0.3, -0.25) is 57.6 Å². The number of nitrogens with one attached hydrogen (secondary N) is 5. The summed E-state index contributed by atoms with van der Waals surface area (Å²) in [6, 6.07) is 6.24. The molecular formula is C78H119FN10O18S. The molecule has 28 nitrogen and oxygen atoms in total. The van der Waals surface area contributed by atoms with Gasteiger partial charge in [-0.15, -0.1) is 11.8 Å². The number of urea groups is 1. The minimum absolute atomic E-state index is 0.0394. The fourth-order valence-corrected chi connectivity index (χ4v) is 15.9. The van der Waals surface area contributed by atoms with Gasteiger partial charge in [-0.05, 0) is 104 Å². The van der Waals surface area contributed by atoms with Crippen LogP contribution in [0.15, 0.2) is 42.5 Å². The summed E-state index contributed by atoms with van der Waals surface area (Å²) in [4.78, 5) is 181. The molecule has 7 N–H and O–H groups in total. The van der Waals surface area contributed by atoms with Crippen molar-refractivity contribution >= 4 is 94.2 Å². The smallest absolute Gasteiger partial charge is 0.410 e. The Morgan fingerprint density at radius 3 is 2.04 bits per heavy atom. The SMILES string of the molecule is CC[C@H](C)[C@@H]([C@@H](CC(=O)N1C[C@H](OC)C[C@H]1[C@H](OC)[C@@H](C)C(=O)NCC(=O)c1ccc(OC)cc1F)OC)N(C)C(=O)[C@@H](CC(=O)[C@H](C(C)C)N(C)C(=O)OCc1ccc(NC(=O)[C@H](CCCNC(N)=O)CC(=O)[C@@H](NC(=O)CCCCCN2C(=O)CC(SCC3(CC(=O)NC)CC3)C2=O)C(C)C)cc1)C(C)C. The molecule has 5 rings (SSSR count). The standard InChI is InChI=1S/C78H119FN10O18S/c1-17-48(8)70(62(105-15)38-66(95)89-42-54(104-14)36-58(89)71(106-16)49(9)72(97)83-41-61(92)55-29-28-53(103-13)35-57(55)79)86(11)74(99)56(45(2)3)37-60(91)69(47(6)7)87(12)77(102)107-43-50-24-26-52(27-25-50)84-73(98)51(22-21-32-82-76(80)101)34-59(90)68(46(4)5)85-64(93)23-19-18-20-33-88-67(96)39-63(75(88)100)108-44-78(30-31-78)40-65(94)81-10/h24-29,35,45-49,51,54,56,58,62-63,68-71H,17-23,30-34,36-44H2,1-16H3,(H,81,94)(H,83,97)(H,84,98)(H,85,93)(H3,80,82,101)/t48-,49+,51+,54+,56-,58-,62+,63?,68-,69-,70-,71+/m0/s1. The van der Waals surface area contributed by atoms with Crippen LogP contribution in [0.4, 0.5) is 19.7 Å². The number of nitrogens with two attached hydrogens (primary N) is 1. The number of imide groups is 1. The molecule has 1 unspecified atom stereocenters. The van der Waals surface area contributed by atoms with Crippen molar-refractivity contribution in [3.63, 3.8) is 0 Å². The van der Waals surface area contributed by atoms with E-state index in [1.807, 2.05) is 27.7 Å². The second-order valence-corrected chi connectivity index (χ2v) is 31.4. The Bertz CT molecular complexity index is 3430. The Morgan fingerprint density at radius 2 is 1.46 bits per heavy atom. The number of carbonyl (C=O) groups excluding carboxylic acids is 13. The third-order valence-electron chi connectivity index (χ3n) is 21.3. The molecule has 0 aromatic heterocycles. The van der Waals surface area contributed by atoms with Gasteiger partial charge >= 0.3 is 12.1 Å². The molecule has 0 spiro atoms. The van der Waals surface area contributed by atoms with Gasteiger partial charge in [0.15, 0.2) is 17.3 Å². The predicted molar refractivity (Wildman–Crippen MR) is 405 cm³/mol. The number of carbonyl (C=O) groups is 13. The van der Waals surface area contributed by atoms with E-state index in [0.29, 0.717) is 61.9 Å². The highest BCUT2D eigenvalue weighted by atomic mass is 32.2. The van der Waals surface area contributed by atoms with E-state index in [1.165, 1.54) is 69.2 Å². The zero-order valence-electron chi connectivity index (χ0n) is 66.1. The lowest BCUT2D eigenvalue weighted by molar-refractivity contribution is -0.149. The van der Waals surface area contributed by atoms with Crippen LogP contribution < -0.4 is 37.1 Å². The molecular weight excluding hydrogens is 1420 g/mol. The molecule has 2 aromatic carbocycles. The van der Waals surface area contributed by atoms with Crippen LogP contribution in [0.5, 0.6) is 5.75 Å². The number of primary amides is 1. The minimum atomic E-state index is -1.01. The van der Waals surface area contributed by atoms with Crippen molar-refractivity contribution in [2.75, 3.05) is 86.8 Å². The first-order valence-electron chi connectivity index (χ1n) is 37.7. The summed E-state index contributed by atoms with van der Waals surface area (Å²) in [5.41, 5.74) is 5.85. The maximum atomic E-state index is 15.0. The summed E-state index contributed by atoms with van der Waals surface area (Å²) in [5.74, 6) is -7.96. The largest absolute Gasteiger partial charge is 0.497 e. The van der Waals surface area contributed by atoms with E-state index in [1.54, 1.807) is 82.8 Å². The number of amides is 11. The monoisotopic (exact) mass is 1530 g/mol. The van der Waals surface area contributed by atoms with Gasteiger partial charge in [0.1, 0.15) is 18.2 Å². The maximum Gasteiger partial charge on any atom is 0.410 e. The van der Waals surface area contributed by atoms with Gasteiger partial charge in [-0.2, -0.15) is 0 Å².